The van der Waals surface area contributed by atoms with Crippen LogP contribution >= 0.6 is 39.3 Å². The first-order valence-electron chi connectivity index (χ1n) is 8.06. The number of carbonyl (C=O) groups is 1. The lowest BCUT2D eigenvalue weighted by molar-refractivity contribution is -0.137. The van der Waals surface area contributed by atoms with Crippen LogP contribution in [0.5, 0.6) is 5.75 Å². The van der Waals surface area contributed by atoms with Crippen molar-refractivity contribution in [3.63, 3.8) is 0 Å². The number of nitrogens with one attached hydrogen (secondary N) is 1. The molecular weight excluding hydrogens is 495 g/mol. The smallest absolute Gasteiger partial charge is 0.416 e. The SMILES string of the molecule is O=C1N/C(=N/N=C/c2cc(Br)ccc2O)S[C@H]1Cc1cc(C(F)(F)F)ccc1Cl. The number of hydrogen-bond acceptors (Lipinski definition) is 5. The molecule has 1 atom stereocenters. The molecule has 2 aromatic rings. The molecule has 1 aliphatic rings. The number of thioether (sulfide) groups is 1. The molecular formula is C18H12BrClF3N3O2S. The van der Waals surface area contributed by atoms with E-state index in [0.29, 0.717) is 5.56 Å². The quantitative estimate of drug-likeness (QED) is 0.453. The number of rotatable bonds is 4. The maximum Gasteiger partial charge on any atom is 0.416 e. The van der Waals surface area contributed by atoms with Crippen LogP contribution in [0, 0.1) is 0 Å². The molecule has 1 amide bonds. The second-order valence-corrected chi connectivity index (χ2v) is 8.47. The normalized spacial score (nSPS) is 18.6. The van der Waals surface area contributed by atoms with Crippen molar-refractivity contribution in [3.05, 3.63) is 62.6 Å². The predicted molar refractivity (Wildman–Crippen MR) is 111 cm³/mol. The van der Waals surface area contributed by atoms with E-state index in [0.717, 1.165) is 28.4 Å². The van der Waals surface area contributed by atoms with Gasteiger partial charge in [-0.05, 0) is 48.4 Å². The van der Waals surface area contributed by atoms with Crippen LogP contribution in [-0.4, -0.2) is 27.6 Å². The fraction of sp³-hybridized carbons (Fsp3) is 0.167. The molecule has 0 aliphatic carbocycles. The third-order valence-electron chi connectivity index (χ3n) is 3.89. The van der Waals surface area contributed by atoms with Gasteiger partial charge in [0.1, 0.15) is 5.75 Å². The van der Waals surface area contributed by atoms with Crippen LogP contribution in [-0.2, 0) is 17.4 Å². The van der Waals surface area contributed by atoms with Crippen molar-refractivity contribution >= 4 is 56.6 Å². The van der Waals surface area contributed by atoms with Gasteiger partial charge in [0.2, 0.25) is 5.91 Å². The molecule has 0 saturated carbocycles. The van der Waals surface area contributed by atoms with Crippen molar-refractivity contribution in [1.29, 1.82) is 0 Å². The zero-order valence-electron chi connectivity index (χ0n) is 14.4. The van der Waals surface area contributed by atoms with Gasteiger partial charge in [-0.15, -0.1) is 5.10 Å². The summed E-state index contributed by atoms with van der Waals surface area (Å²) >= 11 is 10.3. The number of carbonyl (C=O) groups excluding carboxylic acids is 1. The Morgan fingerprint density at radius 1 is 1.28 bits per heavy atom. The molecule has 0 spiro atoms. The van der Waals surface area contributed by atoms with Crippen molar-refractivity contribution in [3.8, 4) is 5.75 Å². The molecule has 0 bridgehead atoms. The standard InChI is InChI=1S/C18H12BrClF3N3O2S/c19-12-2-4-14(27)10(6-12)8-24-26-17-25-16(28)15(29-17)7-9-5-11(18(21,22)23)1-3-13(9)20/h1-6,8,15,27H,7H2,(H,25,26,28)/b24-8+/t15-/m0/s1. The summed E-state index contributed by atoms with van der Waals surface area (Å²) in [5, 5.41) is 19.7. The van der Waals surface area contributed by atoms with Gasteiger partial charge in [-0.1, -0.05) is 39.3 Å². The zero-order chi connectivity index (χ0) is 21.2. The first kappa shape index (κ1) is 21.7. The maximum atomic E-state index is 12.9. The van der Waals surface area contributed by atoms with Crippen LogP contribution in [0.15, 0.2) is 51.1 Å². The van der Waals surface area contributed by atoms with Crippen LogP contribution < -0.4 is 5.32 Å². The molecule has 2 aromatic carbocycles. The Hall–Kier alpha value is -2.04. The predicted octanol–water partition coefficient (Wildman–Crippen LogP) is 4.99. The second-order valence-electron chi connectivity index (χ2n) is 5.96. The molecule has 11 heteroatoms. The van der Waals surface area contributed by atoms with Crippen molar-refractivity contribution < 1.29 is 23.1 Å². The molecule has 0 radical (unpaired) electrons. The Kier molecular flexibility index (Phi) is 6.55. The summed E-state index contributed by atoms with van der Waals surface area (Å²) in [5.74, 6) is -0.389. The minimum Gasteiger partial charge on any atom is -0.507 e. The number of phenols is 1. The lowest BCUT2D eigenvalue weighted by atomic mass is 10.1. The molecule has 1 fully saturated rings. The van der Waals surface area contributed by atoms with Crippen LogP contribution in [0.4, 0.5) is 13.2 Å². The monoisotopic (exact) mass is 505 g/mol. The summed E-state index contributed by atoms with van der Waals surface area (Å²) in [7, 11) is 0. The van der Waals surface area contributed by atoms with Crippen LogP contribution in [0.3, 0.4) is 0 Å². The van der Waals surface area contributed by atoms with Crippen LogP contribution in [0.25, 0.3) is 0 Å². The van der Waals surface area contributed by atoms with E-state index in [1.165, 1.54) is 18.3 Å². The lowest BCUT2D eigenvalue weighted by Crippen LogP contribution is -2.26. The van der Waals surface area contributed by atoms with E-state index in [1.807, 2.05) is 0 Å². The highest BCUT2D eigenvalue weighted by Gasteiger charge is 2.34. The van der Waals surface area contributed by atoms with E-state index in [2.05, 4.69) is 31.4 Å². The van der Waals surface area contributed by atoms with Gasteiger partial charge in [0.25, 0.3) is 0 Å². The van der Waals surface area contributed by atoms with Gasteiger partial charge in [0, 0.05) is 15.1 Å². The summed E-state index contributed by atoms with van der Waals surface area (Å²) < 4.78 is 39.4. The Bertz CT molecular complexity index is 1010. The number of phenolic OH excluding ortho intramolecular Hbond substituents is 1. The number of benzene rings is 2. The zero-order valence-corrected chi connectivity index (χ0v) is 17.5. The first-order chi connectivity index (χ1) is 13.6. The number of amidine groups is 1. The second kappa shape index (κ2) is 8.76. The molecule has 3 rings (SSSR count). The van der Waals surface area contributed by atoms with E-state index >= 15 is 0 Å². The number of hydrogen-bond donors (Lipinski definition) is 2. The van der Waals surface area contributed by atoms with E-state index in [1.54, 1.807) is 12.1 Å². The molecule has 1 heterocycles. The van der Waals surface area contributed by atoms with Gasteiger partial charge in [0.05, 0.1) is 17.0 Å². The fourth-order valence-corrected chi connectivity index (χ4v) is 3.99. The fourth-order valence-electron chi connectivity index (χ4n) is 2.47. The Morgan fingerprint density at radius 3 is 2.76 bits per heavy atom. The van der Waals surface area contributed by atoms with Gasteiger partial charge in [-0.2, -0.15) is 18.3 Å². The van der Waals surface area contributed by atoms with E-state index < -0.39 is 22.9 Å². The average Bonchev–Trinajstić information content (AvgIpc) is 2.98. The van der Waals surface area contributed by atoms with Crippen molar-refractivity contribution in [2.24, 2.45) is 10.2 Å². The average molecular weight is 507 g/mol. The molecule has 1 saturated heterocycles. The summed E-state index contributed by atoms with van der Waals surface area (Å²) in [6.45, 7) is 0. The van der Waals surface area contributed by atoms with Crippen LogP contribution in [0.1, 0.15) is 16.7 Å². The Morgan fingerprint density at radius 2 is 2.03 bits per heavy atom. The Balaban J connectivity index is 1.71. The number of halogens is 5. The number of nitrogens with zero attached hydrogens (tertiary/aromatic N) is 2. The third kappa shape index (κ3) is 5.52. The molecule has 1 aliphatic heterocycles. The number of aromatic hydroxyl groups is 1. The molecule has 0 unspecified atom stereocenters. The van der Waals surface area contributed by atoms with Crippen molar-refractivity contribution in [2.45, 2.75) is 17.8 Å². The van der Waals surface area contributed by atoms with Gasteiger partial charge in [-0.25, -0.2) is 0 Å². The molecule has 29 heavy (non-hydrogen) atoms. The number of alkyl halides is 3. The highest BCUT2D eigenvalue weighted by molar-refractivity contribution is 9.10. The molecule has 0 aromatic heterocycles. The van der Waals surface area contributed by atoms with E-state index in [-0.39, 0.29) is 27.9 Å². The van der Waals surface area contributed by atoms with E-state index in [4.69, 9.17) is 11.6 Å². The van der Waals surface area contributed by atoms with Gasteiger partial charge < -0.3 is 10.4 Å². The molecule has 5 nitrogen and oxygen atoms in total. The molecule has 152 valence electrons. The van der Waals surface area contributed by atoms with Gasteiger partial charge >= 0.3 is 6.18 Å². The summed E-state index contributed by atoms with van der Waals surface area (Å²) in [6, 6.07) is 7.79. The van der Waals surface area contributed by atoms with Gasteiger partial charge in [-0.3, -0.25) is 4.79 Å². The minimum absolute atomic E-state index is 0.00834. The number of amides is 1. The Labute approximate surface area is 181 Å². The summed E-state index contributed by atoms with van der Waals surface area (Å²) in [4.78, 5) is 12.1. The first-order valence-corrected chi connectivity index (χ1v) is 10.1. The summed E-state index contributed by atoms with van der Waals surface area (Å²) in [5.41, 5.74) is -0.184. The largest absolute Gasteiger partial charge is 0.507 e. The topological polar surface area (TPSA) is 74.0 Å². The third-order valence-corrected chi connectivity index (χ3v) is 5.82. The van der Waals surface area contributed by atoms with Gasteiger partial charge in [0.15, 0.2) is 5.17 Å². The maximum absolute atomic E-state index is 12.9. The van der Waals surface area contributed by atoms with Crippen LogP contribution in [0.2, 0.25) is 5.02 Å². The van der Waals surface area contributed by atoms with Crippen molar-refractivity contribution in [1.82, 2.24) is 5.32 Å². The highest BCUT2D eigenvalue weighted by Crippen LogP contribution is 2.33. The van der Waals surface area contributed by atoms with Crippen molar-refractivity contribution in [2.75, 3.05) is 0 Å². The lowest BCUT2D eigenvalue weighted by Gasteiger charge is -2.12. The van der Waals surface area contributed by atoms with E-state index in [9.17, 15) is 23.1 Å². The molecule has 2 N–H and O–H groups in total. The minimum atomic E-state index is -4.50. The highest BCUT2D eigenvalue weighted by atomic mass is 79.9. The summed E-state index contributed by atoms with van der Waals surface area (Å²) in [6.07, 6.45) is -3.17.